The molecule has 3 N–H and O–H groups in total. The van der Waals surface area contributed by atoms with Crippen molar-refractivity contribution in [2.45, 2.75) is 32.1 Å². The number of nitrogens with one attached hydrogen (secondary N) is 1. The molecule has 0 atom stereocenters. The topological polar surface area (TPSA) is 64.3 Å². The molecule has 20 heavy (non-hydrogen) atoms. The molecule has 0 saturated carbocycles. The van der Waals surface area contributed by atoms with Crippen LogP contribution in [-0.2, 0) is 4.74 Å². The molecule has 0 radical (unpaired) electrons. The summed E-state index contributed by atoms with van der Waals surface area (Å²) in [4.78, 5) is 11.7. The van der Waals surface area contributed by atoms with Crippen LogP contribution in [-0.4, -0.2) is 19.6 Å². The number of anilines is 2. The van der Waals surface area contributed by atoms with Gasteiger partial charge in [0.1, 0.15) is 0 Å². The van der Waals surface area contributed by atoms with Gasteiger partial charge in [-0.25, -0.2) is 4.79 Å². The van der Waals surface area contributed by atoms with Crippen LogP contribution in [0.15, 0.2) is 29.8 Å². The summed E-state index contributed by atoms with van der Waals surface area (Å²) < 4.78 is 4.78. The van der Waals surface area contributed by atoms with Crippen LogP contribution in [0.2, 0.25) is 0 Å². The third-order valence-corrected chi connectivity index (χ3v) is 3.60. The number of hydrogen-bond acceptors (Lipinski definition) is 4. The summed E-state index contributed by atoms with van der Waals surface area (Å²) in [5.41, 5.74) is 9.07. The lowest BCUT2D eigenvalue weighted by Gasteiger charge is -2.15. The van der Waals surface area contributed by atoms with Crippen LogP contribution in [0.3, 0.4) is 0 Å². The van der Waals surface area contributed by atoms with Gasteiger partial charge in [-0.05, 0) is 50.3 Å². The van der Waals surface area contributed by atoms with Gasteiger partial charge in [0.05, 0.1) is 12.7 Å². The third kappa shape index (κ3) is 3.76. The Morgan fingerprint density at radius 1 is 1.40 bits per heavy atom. The van der Waals surface area contributed by atoms with Gasteiger partial charge in [-0.15, -0.1) is 0 Å². The van der Waals surface area contributed by atoms with Crippen molar-refractivity contribution in [3.63, 3.8) is 0 Å². The molecule has 1 aliphatic carbocycles. The largest absolute Gasteiger partial charge is 0.465 e. The van der Waals surface area contributed by atoms with Crippen molar-refractivity contribution in [3.05, 3.63) is 35.4 Å². The van der Waals surface area contributed by atoms with Crippen molar-refractivity contribution >= 4 is 17.3 Å². The van der Waals surface area contributed by atoms with Gasteiger partial charge in [0.25, 0.3) is 0 Å². The van der Waals surface area contributed by atoms with Gasteiger partial charge in [0, 0.05) is 17.9 Å². The smallest absolute Gasteiger partial charge is 0.340 e. The average Bonchev–Trinajstić information content (AvgIpc) is 2.49. The molecule has 0 amide bonds. The van der Waals surface area contributed by atoms with E-state index in [-0.39, 0.29) is 5.97 Å². The Hall–Kier alpha value is -1.97. The van der Waals surface area contributed by atoms with Gasteiger partial charge < -0.3 is 15.8 Å². The Morgan fingerprint density at radius 2 is 2.25 bits per heavy atom. The lowest BCUT2D eigenvalue weighted by molar-refractivity contribution is 0.0602. The molecule has 0 aromatic heterocycles. The van der Waals surface area contributed by atoms with Crippen molar-refractivity contribution in [2.24, 2.45) is 0 Å². The highest BCUT2D eigenvalue weighted by molar-refractivity contribution is 5.96. The van der Waals surface area contributed by atoms with Crippen LogP contribution >= 0.6 is 0 Å². The number of carbonyl (C=O) groups is 1. The molecule has 0 fully saturated rings. The lowest BCUT2D eigenvalue weighted by Crippen LogP contribution is -2.10. The monoisotopic (exact) mass is 274 g/mol. The Balaban J connectivity index is 1.98. The second-order valence-electron chi connectivity index (χ2n) is 5.08. The number of nitrogens with two attached hydrogens (primary N) is 1. The Bertz CT molecular complexity index is 509. The maximum Gasteiger partial charge on any atom is 0.340 e. The second kappa shape index (κ2) is 6.98. The fourth-order valence-corrected chi connectivity index (χ4v) is 2.48. The minimum atomic E-state index is -0.364. The minimum Gasteiger partial charge on any atom is -0.465 e. The number of allylic oxidation sites excluding steroid dienone is 1. The van der Waals surface area contributed by atoms with Gasteiger partial charge in [0.2, 0.25) is 0 Å². The number of carbonyl (C=O) groups excluding carboxylic acids is 1. The molecule has 0 heterocycles. The van der Waals surface area contributed by atoms with E-state index in [9.17, 15) is 4.79 Å². The van der Waals surface area contributed by atoms with Crippen LogP contribution < -0.4 is 11.1 Å². The third-order valence-electron chi connectivity index (χ3n) is 3.60. The van der Waals surface area contributed by atoms with E-state index in [1.165, 1.54) is 38.4 Å². The summed E-state index contributed by atoms with van der Waals surface area (Å²) in [5.74, 6) is -0.364. The zero-order chi connectivity index (χ0) is 14.4. The summed E-state index contributed by atoms with van der Waals surface area (Å²) in [6.45, 7) is 0.819. The summed E-state index contributed by atoms with van der Waals surface area (Å²) in [5, 5.41) is 3.31. The molecule has 2 rings (SSSR count). The molecular weight excluding hydrogens is 252 g/mol. The fraction of sp³-hybridized carbons (Fsp3) is 0.438. The predicted molar refractivity (Wildman–Crippen MR) is 81.9 cm³/mol. The first-order valence-electron chi connectivity index (χ1n) is 7.10. The van der Waals surface area contributed by atoms with Crippen molar-refractivity contribution in [3.8, 4) is 0 Å². The van der Waals surface area contributed by atoms with E-state index in [4.69, 9.17) is 10.5 Å². The van der Waals surface area contributed by atoms with E-state index in [0.29, 0.717) is 11.3 Å². The average molecular weight is 274 g/mol. The highest BCUT2D eigenvalue weighted by Gasteiger charge is 2.12. The van der Waals surface area contributed by atoms with Gasteiger partial charge in [-0.3, -0.25) is 0 Å². The number of hydrogen-bond donors (Lipinski definition) is 2. The Morgan fingerprint density at radius 3 is 2.95 bits per heavy atom. The molecule has 4 heteroatoms. The van der Waals surface area contributed by atoms with E-state index in [0.717, 1.165) is 18.7 Å². The van der Waals surface area contributed by atoms with Crippen LogP contribution in [0.4, 0.5) is 11.4 Å². The SMILES string of the molecule is COC(=O)c1cc(N)ccc1NCCC1=CCCCC1. The summed E-state index contributed by atoms with van der Waals surface area (Å²) in [6.07, 6.45) is 8.36. The Kier molecular flexibility index (Phi) is 5.04. The van der Waals surface area contributed by atoms with Gasteiger partial charge in [-0.2, -0.15) is 0 Å². The normalized spacial score (nSPS) is 14.6. The van der Waals surface area contributed by atoms with Crippen molar-refractivity contribution in [1.82, 2.24) is 0 Å². The highest BCUT2D eigenvalue weighted by Crippen LogP contribution is 2.22. The van der Waals surface area contributed by atoms with Crippen LogP contribution in [0.5, 0.6) is 0 Å². The lowest BCUT2D eigenvalue weighted by atomic mass is 9.97. The Labute approximate surface area is 120 Å². The number of nitrogen functional groups attached to an aromatic ring is 1. The van der Waals surface area contributed by atoms with Crippen LogP contribution in [0, 0.1) is 0 Å². The molecular formula is C16H22N2O2. The van der Waals surface area contributed by atoms with Crippen LogP contribution in [0.1, 0.15) is 42.5 Å². The minimum absolute atomic E-state index is 0.364. The standard InChI is InChI=1S/C16H22N2O2/c1-20-16(19)14-11-13(17)7-8-15(14)18-10-9-12-5-3-2-4-6-12/h5,7-8,11,18H,2-4,6,9-10,17H2,1H3. The molecule has 108 valence electrons. The molecule has 1 aliphatic rings. The first-order valence-corrected chi connectivity index (χ1v) is 7.10. The number of rotatable bonds is 5. The first-order chi connectivity index (χ1) is 9.70. The van der Waals surface area contributed by atoms with E-state index >= 15 is 0 Å². The molecule has 0 aliphatic heterocycles. The molecule has 1 aromatic carbocycles. The van der Waals surface area contributed by atoms with E-state index in [1.54, 1.807) is 12.1 Å². The fourth-order valence-electron chi connectivity index (χ4n) is 2.48. The zero-order valence-electron chi connectivity index (χ0n) is 11.9. The van der Waals surface area contributed by atoms with E-state index in [2.05, 4.69) is 11.4 Å². The van der Waals surface area contributed by atoms with Gasteiger partial charge >= 0.3 is 5.97 Å². The highest BCUT2D eigenvalue weighted by atomic mass is 16.5. The molecule has 0 saturated heterocycles. The summed E-state index contributed by atoms with van der Waals surface area (Å²) in [7, 11) is 1.38. The zero-order valence-corrected chi connectivity index (χ0v) is 11.9. The molecule has 0 unspecified atom stereocenters. The van der Waals surface area contributed by atoms with Crippen LogP contribution in [0.25, 0.3) is 0 Å². The predicted octanol–water partition coefficient (Wildman–Crippen LogP) is 3.36. The first kappa shape index (κ1) is 14.4. The number of ether oxygens (including phenoxy) is 1. The maximum atomic E-state index is 11.7. The quantitative estimate of drug-likeness (QED) is 0.491. The van der Waals surface area contributed by atoms with Crippen molar-refractivity contribution in [1.29, 1.82) is 0 Å². The molecule has 0 spiro atoms. The van der Waals surface area contributed by atoms with E-state index < -0.39 is 0 Å². The van der Waals surface area contributed by atoms with Crippen molar-refractivity contribution < 1.29 is 9.53 Å². The summed E-state index contributed by atoms with van der Waals surface area (Å²) in [6, 6.07) is 5.26. The van der Waals surface area contributed by atoms with Gasteiger partial charge in [-0.1, -0.05) is 11.6 Å². The van der Waals surface area contributed by atoms with Gasteiger partial charge in [0.15, 0.2) is 0 Å². The maximum absolute atomic E-state index is 11.7. The van der Waals surface area contributed by atoms with E-state index in [1.807, 2.05) is 6.07 Å². The number of esters is 1. The van der Waals surface area contributed by atoms with Crippen molar-refractivity contribution in [2.75, 3.05) is 24.7 Å². The number of methoxy groups -OCH3 is 1. The summed E-state index contributed by atoms with van der Waals surface area (Å²) >= 11 is 0. The molecule has 1 aromatic rings. The molecule has 0 bridgehead atoms. The molecule has 4 nitrogen and oxygen atoms in total. The number of benzene rings is 1. The second-order valence-corrected chi connectivity index (χ2v) is 5.08.